The molecule has 0 aliphatic carbocycles. The molecule has 3 heterocycles. The Morgan fingerprint density at radius 3 is 2.50 bits per heavy atom. The fourth-order valence-electron chi connectivity index (χ4n) is 3.96. The minimum atomic E-state index is -0.0342. The highest BCUT2D eigenvalue weighted by molar-refractivity contribution is 6.11. The lowest BCUT2D eigenvalue weighted by molar-refractivity contribution is 0.627. The maximum Gasteiger partial charge on any atom is 0.0612 e. The number of aromatic nitrogens is 2. The number of benzene rings is 2. The zero-order valence-corrected chi connectivity index (χ0v) is 12.7. The Morgan fingerprint density at radius 1 is 0.818 bits per heavy atom. The van der Waals surface area contributed by atoms with E-state index >= 15 is 0 Å². The van der Waals surface area contributed by atoms with E-state index in [1.165, 1.54) is 38.6 Å². The molecule has 0 N–H and O–H groups in total. The van der Waals surface area contributed by atoms with Crippen molar-refractivity contribution >= 4 is 21.8 Å². The molecule has 106 valence electrons. The molecule has 22 heavy (non-hydrogen) atoms. The summed E-state index contributed by atoms with van der Waals surface area (Å²) in [6.07, 6.45) is 4.04. The lowest BCUT2D eigenvalue weighted by Gasteiger charge is -2.34. The summed E-state index contributed by atoms with van der Waals surface area (Å²) >= 11 is 0. The number of para-hydroxylation sites is 2. The van der Waals surface area contributed by atoms with Gasteiger partial charge in [-0.1, -0.05) is 50.2 Å². The Balaban J connectivity index is 2.15. The van der Waals surface area contributed by atoms with E-state index in [2.05, 4.69) is 71.9 Å². The van der Waals surface area contributed by atoms with Crippen LogP contribution in [-0.2, 0) is 5.41 Å². The third-order valence-corrected chi connectivity index (χ3v) is 5.07. The van der Waals surface area contributed by atoms with Crippen molar-refractivity contribution in [3.05, 3.63) is 72.1 Å². The first-order valence-corrected chi connectivity index (χ1v) is 7.67. The van der Waals surface area contributed by atoms with Crippen LogP contribution in [-0.4, -0.2) is 9.55 Å². The van der Waals surface area contributed by atoms with Crippen molar-refractivity contribution in [2.45, 2.75) is 19.3 Å². The van der Waals surface area contributed by atoms with Gasteiger partial charge in [0.05, 0.1) is 16.7 Å². The van der Waals surface area contributed by atoms with Crippen LogP contribution in [0.1, 0.15) is 25.0 Å². The Kier molecular flexibility index (Phi) is 2.06. The molecule has 2 nitrogen and oxygen atoms in total. The summed E-state index contributed by atoms with van der Waals surface area (Å²) in [6, 6.07) is 17.3. The highest BCUT2D eigenvalue weighted by Crippen LogP contribution is 2.46. The molecule has 2 aromatic carbocycles. The molecule has 0 unspecified atom stereocenters. The first-order chi connectivity index (χ1) is 10.7. The van der Waals surface area contributed by atoms with E-state index in [0.29, 0.717) is 0 Å². The maximum atomic E-state index is 4.54. The topological polar surface area (TPSA) is 17.8 Å². The molecule has 0 saturated carbocycles. The van der Waals surface area contributed by atoms with Gasteiger partial charge in [0, 0.05) is 34.1 Å². The van der Waals surface area contributed by atoms with Crippen molar-refractivity contribution in [1.82, 2.24) is 9.55 Å². The van der Waals surface area contributed by atoms with Crippen LogP contribution in [0.3, 0.4) is 0 Å². The normalized spacial score (nSPS) is 15.2. The van der Waals surface area contributed by atoms with Crippen LogP contribution in [0, 0.1) is 0 Å². The van der Waals surface area contributed by atoms with Crippen LogP contribution in [0.25, 0.3) is 27.5 Å². The smallest absolute Gasteiger partial charge is 0.0612 e. The molecule has 4 aromatic rings. The lowest BCUT2D eigenvalue weighted by Crippen LogP contribution is -2.26. The lowest BCUT2D eigenvalue weighted by atomic mass is 9.75. The fraction of sp³-hybridized carbons (Fsp3) is 0.150. The minimum absolute atomic E-state index is 0.0342. The van der Waals surface area contributed by atoms with Gasteiger partial charge in [-0.2, -0.15) is 0 Å². The van der Waals surface area contributed by atoms with E-state index in [9.17, 15) is 0 Å². The predicted octanol–water partition coefficient (Wildman–Crippen LogP) is 4.82. The van der Waals surface area contributed by atoms with Gasteiger partial charge in [-0.3, -0.25) is 4.98 Å². The van der Waals surface area contributed by atoms with Crippen LogP contribution in [0.15, 0.2) is 60.9 Å². The molecule has 1 aliphatic heterocycles. The highest BCUT2D eigenvalue weighted by Gasteiger charge is 2.34. The van der Waals surface area contributed by atoms with Gasteiger partial charge in [0.25, 0.3) is 0 Å². The second kappa shape index (κ2) is 3.77. The van der Waals surface area contributed by atoms with Gasteiger partial charge in [-0.05, 0) is 17.7 Å². The van der Waals surface area contributed by atoms with Crippen molar-refractivity contribution in [3.8, 4) is 5.69 Å². The SMILES string of the molecule is CC1(C)c2ccccc2-n2c3ccccc3c3cncc1c32. The molecular weight excluding hydrogens is 268 g/mol. The zero-order chi connectivity index (χ0) is 14.9. The van der Waals surface area contributed by atoms with E-state index in [1.54, 1.807) is 0 Å². The first-order valence-electron chi connectivity index (χ1n) is 7.67. The summed E-state index contributed by atoms with van der Waals surface area (Å²) in [5.74, 6) is 0. The monoisotopic (exact) mass is 284 g/mol. The van der Waals surface area contributed by atoms with Gasteiger partial charge in [0.1, 0.15) is 0 Å². The van der Waals surface area contributed by atoms with Gasteiger partial charge >= 0.3 is 0 Å². The van der Waals surface area contributed by atoms with Crippen LogP contribution in [0.5, 0.6) is 0 Å². The average molecular weight is 284 g/mol. The van der Waals surface area contributed by atoms with Crippen LogP contribution >= 0.6 is 0 Å². The molecule has 0 atom stereocenters. The number of hydrogen-bond acceptors (Lipinski definition) is 1. The first kappa shape index (κ1) is 12.0. The van der Waals surface area contributed by atoms with E-state index in [4.69, 9.17) is 0 Å². The fourth-order valence-corrected chi connectivity index (χ4v) is 3.96. The average Bonchev–Trinajstić information content (AvgIpc) is 2.88. The third-order valence-electron chi connectivity index (χ3n) is 5.07. The standard InChI is InChI=1S/C20H16N2/c1-20(2)15-8-4-6-10-18(15)22-17-9-5-3-7-13(17)14-11-21-12-16(20)19(14)22/h3-12H,1-2H3. The molecule has 0 radical (unpaired) electrons. The summed E-state index contributed by atoms with van der Waals surface area (Å²) in [6.45, 7) is 4.59. The van der Waals surface area contributed by atoms with E-state index < -0.39 is 0 Å². The van der Waals surface area contributed by atoms with Crippen molar-refractivity contribution in [1.29, 1.82) is 0 Å². The number of nitrogens with zero attached hydrogens (tertiary/aromatic N) is 2. The van der Waals surface area contributed by atoms with E-state index in [0.717, 1.165) is 0 Å². The molecule has 0 spiro atoms. The molecule has 1 aliphatic rings. The summed E-state index contributed by atoms with van der Waals surface area (Å²) < 4.78 is 2.41. The Labute approximate surface area is 129 Å². The van der Waals surface area contributed by atoms with Crippen molar-refractivity contribution in [2.24, 2.45) is 0 Å². The third kappa shape index (κ3) is 1.24. The molecule has 0 bridgehead atoms. The van der Waals surface area contributed by atoms with Gasteiger partial charge in [-0.25, -0.2) is 0 Å². The second-order valence-corrected chi connectivity index (χ2v) is 6.58. The van der Waals surface area contributed by atoms with Gasteiger partial charge in [0.15, 0.2) is 0 Å². The van der Waals surface area contributed by atoms with Crippen molar-refractivity contribution < 1.29 is 0 Å². The summed E-state index contributed by atoms with van der Waals surface area (Å²) in [4.78, 5) is 4.54. The number of hydrogen-bond donors (Lipinski definition) is 0. The largest absolute Gasteiger partial charge is 0.309 e. The van der Waals surface area contributed by atoms with E-state index in [1.807, 2.05) is 12.4 Å². The predicted molar refractivity (Wildman–Crippen MR) is 90.7 cm³/mol. The summed E-state index contributed by atoms with van der Waals surface area (Å²) in [5.41, 5.74) is 6.48. The highest BCUT2D eigenvalue weighted by atomic mass is 15.0. The van der Waals surface area contributed by atoms with Crippen LogP contribution in [0.2, 0.25) is 0 Å². The molecular formula is C20H16N2. The zero-order valence-electron chi connectivity index (χ0n) is 12.7. The number of pyridine rings is 1. The molecule has 5 rings (SSSR count). The Hall–Kier alpha value is -2.61. The van der Waals surface area contributed by atoms with Crippen LogP contribution in [0.4, 0.5) is 0 Å². The quantitative estimate of drug-likeness (QED) is 0.453. The second-order valence-electron chi connectivity index (χ2n) is 6.58. The number of fused-ring (bicyclic) bond motifs is 5. The van der Waals surface area contributed by atoms with Gasteiger partial charge < -0.3 is 4.57 Å². The molecule has 0 amide bonds. The Morgan fingerprint density at radius 2 is 1.59 bits per heavy atom. The molecule has 0 fully saturated rings. The molecule has 2 aromatic heterocycles. The van der Waals surface area contributed by atoms with E-state index in [-0.39, 0.29) is 5.41 Å². The van der Waals surface area contributed by atoms with Gasteiger partial charge in [0.2, 0.25) is 0 Å². The van der Waals surface area contributed by atoms with Crippen molar-refractivity contribution in [2.75, 3.05) is 0 Å². The minimum Gasteiger partial charge on any atom is -0.309 e. The van der Waals surface area contributed by atoms with Crippen LogP contribution < -0.4 is 0 Å². The molecule has 0 saturated heterocycles. The summed E-state index contributed by atoms with van der Waals surface area (Å²) in [5, 5.41) is 2.52. The maximum absolute atomic E-state index is 4.54. The van der Waals surface area contributed by atoms with Crippen molar-refractivity contribution in [3.63, 3.8) is 0 Å². The molecule has 2 heteroatoms. The Bertz CT molecular complexity index is 1050. The number of rotatable bonds is 0. The van der Waals surface area contributed by atoms with Gasteiger partial charge in [-0.15, -0.1) is 0 Å². The summed E-state index contributed by atoms with van der Waals surface area (Å²) in [7, 11) is 0.